The molecule has 0 aliphatic carbocycles. The lowest BCUT2D eigenvalue weighted by Crippen LogP contribution is -2.12. The molecular formula is C5H2N3OS. The predicted octanol–water partition coefficient (Wildman–Crippen LogP) is -0.0488. The Kier molecular flexibility index (Phi) is 1.04. The average Bonchev–Trinajstić information content (AvgIpc) is 2.36. The second-order valence-corrected chi connectivity index (χ2v) is 2.47. The molecule has 2 aromatic rings. The molecule has 4 nitrogen and oxygen atoms in total. The Bertz CT molecular complexity index is 404. The van der Waals surface area contributed by atoms with Crippen molar-refractivity contribution in [1.29, 1.82) is 0 Å². The third-order valence-electron chi connectivity index (χ3n) is 1.06. The second kappa shape index (κ2) is 1.88. The van der Waals surface area contributed by atoms with Gasteiger partial charge in [0.05, 0.1) is 6.20 Å². The van der Waals surface area contributed by atoms with Gasteiger partial charge in [-0.25, -0.2) is 4.98 Å². The number of hydrogen-bond acceptors (Lipinski definition) is 4. The van der Waals surface area contributed by atoms with Crippen molar-refractivity contribution in [1.82, 2.24) is 14.6 Å². The van der Waals surface area contributed by atoms with E-state index in [-0.39, 0.29) is 5.56 Å². The number of aromatic nitrogens is 3. The molecule has 0 saturated carbocycles. The van der Waals surface area contributed by atoms with Gasteiger partial charge in [0, 0.05) is 6.07 Å². The Labute approximate surface area is 59.8 Å². The highest BCUT2D eigenvalue weighted by molar-refractivity contribution is 7.14. The summed E-state index contributed by atoms with van der Waals surface area (Å²) in [5, 5.41) is 3.76. The summed E-state index contributed by atoms with van der Waals surface area (Å²) in [5.41, 5.74) is 1.38. The molecule has 0 N–H and O–H groups in total. The van der Waals surface area contributed by atoms with E-state index in [0.717, 1.165) is 0 Å². The lowest BCUT2D eigenvalue weighted by molar-refractivity contribution is 0.898. The number of rotatable bonds is 0. The van der Waals surface area contributed by atoms with Crippen molar-refractivity contribution in [3.05, 3.63) is 28.1 Å². The lowest BCUT2D eigenvalue weighted by Gasteiger charge is -1.82. The predicted molar refractivity (Wildman–Crippen MR) is 36.0 cm³/mol. The van der Waals surface area contributed by atoms with Gasteiger partial charge in [0.25, 0.3) is 5.56 Å². The fraction of sp³-hybridized carbons (Fsp3) is 0. The SMILES string of the molecule is O=c1c[c]nc2scnn12. The van der Waals surface area contributed by atoms with Crippen LogP contribution in [0.5, 0.6) is 0 Å². The van der Waals surface area contributed by atoms with E-state index >= 15 is 0 Å². The normalized spacial score (nSPS) is 10.4. The molecule has 0 aromatic carbocycles. The maximum absolute atomic E-state index is 10.9. The minimum Gasteiger partial charge on any atom is -0.267 e. The van der Waals surface area contributed by atoms with Gasteiger partial charge < -0.3 is 0 Å². The van der Waals surface area contributed by atoms with Gasteiger partial charge in [0.15, 0.2) is 0 Å². The molecule has 0 fully saturated rings. The smallest absolute Gasteiger partial charge is 0.267 e. The van der Waals surface area contributed by atoms with Gasteiger partial charge in [-0.15, -0.1) is 0 Å². The van der Waals surface area contributed by atoms with Crippen molar-refractivity contribution in [2.45, 2.75) is 0 Å². The van der Waals surface area contributed by atoms with Crippen LogP contribution in [0.3, 0.4) is 0 Å². The van der Waals surface area contributed by atoms with Gasteiger partial charge in [-0.1, -0.05) is 11.3 Å². The molecule has 2 rings (SSSR count). The van der Waals surface area contributed by atoms with Gasteiger partial charge in [0.2, 0.25) is 4.96 Å². The first kappa shape index (κ1) is 5.55. The molecule has 0 spiro atoms. The molecule has 2 heterocycles. The van der Waals surface area contributed by atoms with Crippen LogP contribution < -0.4 is 5.56 Å². The van der Waals surface area contributed by atoms with E-state index in [0.29, 0.717) is 4.96 Å². The van der Waals surface area contributed by atoms with Gasteiger partial charge in [-0.2, -0.15) is 9.61 Å². The number of nitrogens with zero attached hydrogens (tertiary/aromatic N) is 3. The fourth-order valence-corrected chi connectivity index (χ4v) is 1.22. The Morgan fingerprint density at radius 1 is 1.70 bits per heavy atom. The van der Waals surface area contributed by atoms with E-state index in [1.54, 1.807) is 5.51 Å². The van der Waals surface area contributed by atoms with E-state index in [1.807, 2.05) is 0 Å². The van der Waals surface area contributed by atoms with Crippen molar-refractivity contribution >= 4 is 16.3 Å². The topological polar surface area (TPSA) is 47.3 Å². The second-order valence-electron chi connectivity index (χ2n) is 1.66. The summed E-state index contributed by atoms with van der Waals surface area (Å²) in [6.07, 6.45) is 2.48. The molecule has 2 aromatic heterocycles. The van der Waals surface area contributed by atoms with E-state index in [1.165, 1.54) is 21.9 Å². The molecule has 49 valence electrons. The van der Waals surface area contributed by atoms with Crippen LogP contribution in [-0.4, -0.2) is 14.6 Å². The monoisotopic (exact) mass is 152 g/mol. The molecule has 1 radical (unpaired) electrons. The highest BCUT2D eigenvalue weighted by Gasteiger charge is 1.95. The summed E-state index contributed by atoms with van der Waals surface area (Å²) in [5.74, 6) is 0. The zero-order valence-corrected chi connectivity index (χ0v) is 5.63. The maximum atomic E-state index is 10.9. The summed E-state index contributed by atoms with van der Waals surface area (Å²) in [7, 11) is 0. The molecule has 0 unspecified atom stereocenters. The van der Waals surface area contributed by atoms with Gasteiger partial charge >= 0.3 is 0 Å². The minimum atomic E-state index is -0.189. The fourth-order valence-electron chi connectivity index (χ4n) is 0.646. The van der Waals surface area contributed by atoms with E-state index < -0.39 is 0 Å². The van der Waals surface area contributed by atoms with Crippen LogP contribution >= 0.6 is 11.3 Å². The van der Waals surface area contributed by atoms with Crippen molar-refractivity contribution in [2.24, 2.45) is 0 Å². The molecule has 0 amide bonds. The Balaban J connectivity index is 3.09. The molecule has 0 aliphatic rings. The third kappa shape index (κ3) is 0.640. The van der Waals surface area contributed by atoms with E-state index in [9.17, 15) is 4.79 Å². The Hall–Kier alpha value is -1.23. The van der Waals surface area contributed by atoms with Crippen LogP contribution in [0.15, 0.2) is 16.4 Å². The Morgan fingerprint density at radius 2 is 2.60 bits per heavy atom. The van der Waals surface area contributed by atoms with Gasteiger partial charge in [-0.05, 0) is 0 Å². The van der Waals surface area contributed by atoms with Crippen LogP contribution in [0.2, 0.25) is 0 Å². The van der Waals surface area contributed by atoms with Crippen LogP contribution in [0, 0.1) is 6.20 Å². The summed E-state index contributed by atoms with van der Waals surface area (Å²) in [6, 6.07) is 1.26. The lowest BCUT2D eigenvalue weighted by atomic mass is 10.7. The first-order valence-electron chi connectivity index (χ1n) is 2.57. The average molecular weight is 152 g/mol. The molecule has 0 saturated heterocycles. The van der Waals surface area contributed by atoms with Gasteiger partial charge in [0.1, 0.15) is 5.51 Å². The summed E-state index contributed by atoms with van der Waals surface area (Å²) in [4.78, 5) is 15.2. The van der Waals surface area contributed by atoms with Crippen LogP contribution in [0.1, 0.15) is 0 Å². The molecule has 0 aliphatic heterocycles. The zero-order chi connectivity index (χ0) is 6.97. The summed E-state index contributed by atoms with van der Waals surface area (Å²) >= 11 is 1.31. The highest BCUT2D eigenvalue weighted by Crippen LogP contribution is 1.99. The zero-order valence-electron chi connectivity index (χ0n) is 4.81. The van der Waals surface area contributed by atoms with Crippen molar-refractivity contribution in [3.8, 4) is 0 Å². The minimum absolute atomic E-state index is 0.189. The van der Waals surface area contributed by atoms with E-state index in [2.05, 4.69) is 16.3 Å². The molecule has 10 heavy (non-hydrogen) atoms. The summed E-state index contributed by atoms with van der Waals surface area (Å²) in [6.45, 7) is 0. The quantitative estimate of drug-likeness (QED) is 0.531. The van der Waals surface area contributed by atoms with Crippen LogP contribution in [-0.2, 0) is 0 Å². The van der Waals surface area contributed by atoms with Crippen LogP contribution in [0.25, 0.3) is 4.96 Å². The van der Waals surface area contributed by atoms with Crippen LogP contribution in [0.4, 0.5) is 0 Å². The molecule has 5 heteroatoms. The number of hydrogen-bond donors (Lipinski definition) is 0. The highest BCUT2D eigenvalue weighted by atomic mass is 32.1. The third-order valence-corrected chi connectivity index (χ3v) is 1.73. The van der Waals surface area contributed by atoms with Crippen molar-refractivity contribution in [3.63, 3.8) is 0 Å². The van der Waals surface area contributed by atoms with E-state index in [4.69, 9.17) is 0 Å². The molecular weight excluding hydrogens is 150 g/mol. The first-order valence-corrected chi connectivity index (χ1v) is 3.45. The maximum Gasteiger partial charge on any atom is 0.275 e. The van der Waals surface area contributed by atoms with Gasteiger partial charge in [-0.3, -0.25) is 4.79 Å². The Morgan fingerprint density at radius 3 is 3.40 bits per heavy atom. The molecule has 0 atom stereocenters. The number of fused-ring (bicyclic) bond motifs is 1. The van der Waals surface area contributed by atoms with Crippen molar-refractivity contribution in [2.75, 3.05) is 0 Å². The summed E-state index contributed by atoms with van der Waals surface area (Å²) < 4.78 is 1.24. The van der Waals surface area contributed by atoms with Crippen molar-refractivity contribution < 1.29 is 0 Å². The first-order chi connectivity index (χ1) is 4.88. The largest absolute Gasteiger partial charge is 0.275 e. The standard InChI is InChI=1S/C5H2N3OS/c9-4-1-2-6-5-8(4)7-3-10-5/h1,3H. The molecule has 0 bridgehead atoms.